The minimum Gasteiger partial charge on any atom is -0.494 e. The van der Waals surface area contributed by atoms with Gasteiger partial charge in [0.05, 0.1) is 13.2 Å². The lowest BCUT2D eigenvalue weighted by Gasteiger charge is -2.23. The lowest BCUT2D eigenvalue weighted by Crippen LogP contribution is -2.38. The largest absolute Gasteiger partial charge is 0.494 e. The number of halogens is 1. The fourth-order valence-electron chi connectivity index (χ4n) is 4.60. The minimum atomic E-state index is -0.918. The number of ether oxygens (including phenoxy) is 1. The Morgan fingerprint density at radius 3 is 2.44 bits per heavy atom. The van der Waals surface area contributed by atoms with Crippen molar-refractivity contribution in [3.05, 3.63) is 24.0 Å². The zero-order chi connectivity index (χ0) is 23.9. The van der Waals surface area contributed by atoms with E-state index in [0.29, 0.717) is 36.6 Å². The minimum absolute atomic E-state index is 0.139. The highest BCUT2D eigenvalue weighted by Gasteiger charge is 2.28. The monoisotopic (exact) mass is 473 g/mol. The van der Waals surface area contributed by atoms with Crippen molar-refractivity contribution < 1.29 is 19.0 Å². The van der Waals surface area contributed by atoms with Gasteiger partial charge in [0.1, 0.15) is 0 Å². The van der Waals surface area contributed by atoms with E-state index in [0.717, 1.165) is 19.4 Å². The molecule has 1 aliphatic heterocycles. The number of benzene rings is 1. The van der Waals surface area contributed by atoms with Crippen molar-refractivity contribution >= 4 is 29.6 Å². The molecule has 1 unspecified atom stereocenters. The second kappa shape index (κ2) is 11.2. The number of nitrogens with zero attached hydrogens (tertiary/aromatic N) is 4. The normalized spacial score (nSPS) is 18.5. The highest BCUT2D eigenvalue weighted by atomic mass is 19.1. The summed E-state index contributed by atoms with van der Waals surface area (Å²) in [4.78, 5) is 26.3. The van der Waals surface area contributed by atoms with Crippen LogP contribution in [0.2, 0.25) is 0 Å². The number of carboxylic acid groups (broad SMARTS) is 1. The summed E-state index contributed by atoms with van der Waals surface area (Å²) in [5.41, 5.74) is 0.474. The Hall–Kier alpha value is -3.37. The van der Waals surface area contributed by atoms with Crippen molar-refractivity contribution in [2.45, 2.75) is 51.0 Å². The summed E-state index contributed by atoms with van der Waals surface area (Å²) in [5, 5.41) is 18.9. The Morgan fingerprint density at radius 1 is 1.06 bits per heavy atom. The topological polar surface area (TPSA) is 125 Å². The Bertz CT molecular complexity index is 987. The number of aromatic nitrogens is 3. The molecule has 2 aromatic rings. The Labute approximate surface area is 198 Å². The van der Waals surface area contributed by atoms with Gasteiger partial charge in [0, 0.05) is 31.4 Å². The van der Waals surface area contributed by atoms with Crippen molar-refractivity contribution in [2.24, 2.45) is 5.92 Å². The van der Waals surface area contributed by atoms with Crippen molar-refractivity contribution in [1.82, 2.24) is 19.9 Å². The zero-order valence-electron chi connectivity index (χ0n) is 19.4. The SMILES string of the molecule is COc1ccc(Nc2nc(NCC3CCCCC3)nc(NCC3CCCN3C(=O)O)n2)cc1F. The molecule has 1 saturated carbocycles. The van der Waals surface area contributed by atoms with Crippen molar-refractivity contribution in [3.63, 3.8) is 0 Å². The number of carbonyl (C=O) groups is 1. The van der Waals surface area contributed by atoms with Crippen molar-refractivity contribution in [2.75, 3.05) is 42.7 Å². The van der Waals surface area contributed by atoms with E-state index < -0.39 is 11.9 Å². The molecule has 34 heavy (non-hydrogen) atoms. The number of methoxy groups -OCH3 is 1. The molecule has 4 rings (SSSR count). The first-order chi connectivity index (χ1) is 16.5. The molecule has 1 saturated heterocycles. The maximum atomic E-state index is 14.1. The third-order valence-corrected chi connectivity index (χ3v) is 6.44. The quantitative estimate of drug-likeness (QED) is 0.422. The zero-order valence-corrected chi connectivity index (χ0v) is 19.4. The first-order valence-electron chi connectivity index (χ1n) is 11.9. The Balaban J connectivity index is 1.49. The van der Waals surface area contributed by atoms with Crippen LogP contribution in [0.5, 0.6) is 5.75 Å². The van der Waals surface area contributed by atoms with E-state index in [1.807, 2.05) is 0 Å². The predicted octanol–water partition coefficient (Wildman–Crippen LogP) is 4.31. The molecular weight excluding hydrogens is 441 g/mol. The summed E-state index contributed by atoms with van der Waals surface area (Å²) in [5.74, 6) is 1.24. The predicted molar refractivity (Wildman–Crippen MR) is 127 cm³/mol. The number of amides is 1. The molecule has 0 radical (unpaired) electrons. The molecule has 2 heterocycles. The number of hydrogen-bond donors (Lipinski definition) is 4. The summed E-state index contributed by atoms with van der Waals surface area (Å²) in [6.07, 6.45) is 6.85. The van der Waals surface area contributed by atoms with Crippen LogP contribution in [0.25, 0.3) is 0 Å². The molecular formula is C23H32FN7O3. The maximum absolute atomic E-state index is 14.1. The van der Waals surface area contributed by atoms with Crippen LogP contribution in [-0.2, 0) is 0 Å². The fraction of sp³-hybridized carbons (Fsp3) is 0.565. The second-order valence-electron chi connectivity index (χ2n) is 8.82. The second-order valence-corrected chi connectivity index (χ2v) is 8.82. The molecule has 1 aromatic heterocycles. The standard InChI is InChI=1S/C23H32FN7O3/c1-34-19-10-9-16(12-18(19)24)27-22-29-20(25-13-15-6-3-2-4-7-15)28-21(30-22)26-14-17-8-5-11-31(17)23(32)33/h9-10,12,15,17H,2-8,11,13-14H2,1H3,(H,32,33)(H3,25,26,27,28,29,30). The summed E-state index contributed by atoms with van der Waals surface area (Å²) in [6.45, 7) is 1.70. The first-order valence-corrected chi connectivity index (χ1v) is 11.9. The molecule has 1 aromatic carbocycles. The number of rotatable bonds is 9. The average Bonchev–Trinajstić information content (AvgIpc) is 3.31. The van der Waals surface area contributed by atoms with Crippen LogP contribution in [-0.4, -0.2) is 63.8 Å². The molecule has 1 atom stereocenters. The molecule has 1 amide bonds. The number of hydrogen-bond acceptors (Lipinski definition) is 8. The third kappa shape index (κ3) is 6.15. The van der Waals surface area contributed by atoms with Crippen molar-refractivity contribution in [3.8, 4) is 5.75 Å². The molecule has 184 valence electrons. The van der Waals surface area contributed by atoms with Crippen LogP contribution in [0.3, 0.4) is 0 Å². The molecule has 10 nitrogen and oxygen atoms in total. The van der Waals surface area contributed by atoms with Crippen LogP contribution in [0.4, 0.5) is 32.7 Å². The summed E-state index contributed by atoms with van der Waals surface area (Å²) in [6, 6.07) is 4.38. The highest BCUT2D eigenvalue weighted by molar-refractivity contribution is 5.66. The van der Waals surface area contributed by atoms with Crippen LogP contribution in [0, 0.1) is 11.7 Å². The number of nitrogens with one attached hydrogen (secondary N) is 3. The lowest BCUT2D eigenvalue weighted by atomic mass is 9.89. The van der Waals surface area contributed by atoms with Gasteiger partial charge in [-0.1, -0.05) is 19.3 Å². The molecule has 1 aliphatic carbocycles. The molecule has 2 aliphatic rings. The molecule has 0 spiro atoms. The Morgan fingerprint density at radius 2 is 1.76 bits per heavy atom. The average molecular weight is 474 g/mol. The molecule has 11 heteroatoms. The van der Waals surface area contributed by atoms with Gasteiger partial charge in [-0.15, -0.1) is 0 Å². The van der Waals surface area contributed by atoms with E-state index in [-0.39, 0.29) is 17.7 Å². The van der Waals surface area contributed by atoms with E-state index in [9.17, 15) is 14.3 Å². The third-order valence-electron chi connectivity index (χ3n) is 6.44. The molecule has 0 bridgehead atoms. The Kier molecular flexibility index (Phi) is 7.81. The number of anilines is 4. The molecule has 2 fully saturated rings. The first kappa shape index (κ1) is 23.8. The van der Waals surface area contributed by atoms with Crippen LogP contribution in [0.15, 0.2) is 18.2 Å². The smallest absolute Gasteiger partial charge is 0.407 e. The fourth-order valence-corrected chi connectivity index (χ4v) is 4.60. The lowest BCUT2D eigenvalue weighted by molar-refractivity contribution is 0.142. The van der Waals surface area contributed by atoms with E-state index in [1.165, 1.54) is 56.2 Å². The van der Waals surface area contributed by atoms with Gasteiger partial charge < -0.3 is 30.7 Å². The van der Waals surface area contributed by atoms with Gasteiger partial charge >= 0.3 is 6.09 Å². The van der Waals surface area contributed by atoms with Crippen molar-refractivity contribution in [1.29, 1.82) is 0 Å². The maximum Gasteiger partial charge on any atom is 0.407 e. The van der Waals surface area contributed by atoms with Gasteiger partial charge in [-0.2, -0.15) is 15.0 Å². The highest BCUT2D eigenvalue weighted by Crippen LogP contribution is 2.25. The summed E-state index contributed by atoms with van der Waals surface area (Å²) >= 11 is 0. The van der Waals surface area contributed by atoms with E-state index in [2.05, 4.69) is 30.9 Å². The molecule has 4 N–H and O–H groups in total. The van der Waals surface area contributed by atoms with Gasteiger partial charge in [-0.25, -0.2) is 9.18 Å². The number of likely N-dealkylation sites (tertiary alicyclic amines) is 1. The van der Waals surface area contributed by atoms with Crippen LogP contribution < -0.4 is 20.7 Å². The van der Waals surface area contributed by atoms with E-state index in [4.69, 9.17) is 4.74 Å². The van der Waals surface area contributed by atoms with E-state index in [1.54, 1.807) is 6.07 Å². The van der Waals surface area contributed by atoms with Gasteiger partial charge in [0.25, 0.3) is 0 Å². The van der Waals surface area contributed by atoms with Gasteiger partial charge in [-0.3, -0.25) is 0 Å². The summed E-state index contributed by atoms with van der Waals surface area (Å²) in [7, 11) is 1.41. The van der Waals surface area contributed by atoms with Crippen LogP contribution >= 0.6 is 0 Å². The van der Waals surface area contributed by atoms with Gasteiger partial charge in [0.15, 0.2) is 11.6 Å². The van der Waals surface area contributed by atoms with Gasteiger partial charge in [-0.05, 0) is 43.7 Å². The van der Waals surface area contributed by atoms with E-state index >= 15 is 0 Å². The van der Waals surface area contributed by atoms with Gasteiger partial charge in [0.2, 0.25) is 17.8 Å². The van der Waals surface area contributed by atoms with Crippen LogP contribution in [0.1, 0.15) is 44.9 Å². The summed E-state index contributed by atoms with van der Waals surface area (Å²) < 4.78 is 19.1.